The Hall–Kier alpha value is -2.20. The minimum Gasteiger partial charge on any atom is -0.339 e. The number of aryl methyl sites for hydroxylation is 1. The summed E-state index contributed by atoms with van der Waals surface area (Å²) in [7, 11) is 0. The molecule has 1 heterocycles. The van der Waals surface area contributed by atoms with Crippen LogP contribution in [-0.2, 0) is 6.42 Å². The van der Waals surface area contributed by atoms with Crippen molar-refractivity contribution in [2.24, 2.45) is 5.73 Å². The first-order valence-corrected chi connectivity index (χ1v) is 6.80. The Kier molecular flexibility index (Phi) is 3.48. The second kappa shape index (κ2) is 5.43. The van der Waals surface area contributed by atoms with E-state index in [1.165, 1.54) is 10.8 Å². The van der Waals surface area contributed by atoms with Crippen LogP contribution in [0.25, 0.3) is 22.2 Å². The maximum atomic E-state index is 5.73. The zero-order valence-corrected chi connectivity index (χ0v) is 11.4. The van der Waals surface area contributed by atoms with Gasteiger partial charge in [-0.3, -0.25) is 0 Å². The topological polar surface area (TPSA) is 64.9 Å². The summed E-state index contributed by atoms with van der Waals surface area (Å²) in [6.07, 6.45) is 1.57. The predicted octanol–water partition coefficient (Wildman–Crippen LogP) is 3.17. The van der Waals surface area contributed by atoms with E-state index in [9.17, 15) is 0 Å². The highest BCUT2D eigenvalue weighted by Crippen LogP contribution is 2.22. The molecule has 2 N–H and O–H groups in total. The Bertz CT molecular complexity index is 718. The highest BCUT2D eigenvalue weighted by Gasteiger charge is 2.09. The van der Waals surface area contributed by atoms with Crippen LogP contribution in [0.5, 0.6) is 0 Å². The molecule has 0 aliphatic heterocycles. The van der Waals surface area contributed by atoms with Gasteiger partial charge in [0, 0.05) is 18.0 Å². The third kappa shape index (κ3) is 2.70. The van der Waals surface area contributed by atoms with Crippen molar-refractivity contribution in [1.82, 2.24) is 10.1 Å². The normalized spacial score (nSPS) is 12.7. The van der Waals surface area contributed by atoms with E-state index in [2.05, 4.69) is 34.4 Å². The maximum absolute atomic E-state index is 5.73. The predicted molar refractivity (Wildman–Crippen MR) is 79.2 cm³/mol. The molecule has 0 bridgehead atoms. The standard InChI is InChI=1S/C16H17N3O/c1-11(17)6-9-15-18-16(19-20-15)14-8-7-12-4-2-3-5-13(12)10-14/h2-5,7-8,10-11H,6,9,17H2,1H3. The van der Waals surface area contributed by atoms with Gasteiger partial charge < -0.3 is 10.3 Å². The lowest BCUT2D eigenvalue weighted by molar-refractivity contribution is 0.372. The number of nitrogens with zero attached hydrogens (tertiary/aromatic N) is 2. The molecule has 3 rings (SSSR count). The van der Waals surface area contributed by atoms with Crippen molar-refractivity contribution in [3.05, 3.63) is 48.4 Å². The van der Waals surface area contributed by atoms with E-state index in [-0.39, 0.29) is 6.04 Å². The molecule has 1 atom stereocenters. The van der Waals surface area contributed by atoms with E-state index in [0.29, 0.717) is 11.7 Å². The summed E-state index contributed by atoms with van der Waals surface area (Å²) in [5, 5.41) is 6.42. The summed E-state index contributed by atoms with van der Waals surface area (Å²) in [5.41, 5.74) is 6.70. The molecule has 0 saturated carbocycles. The van der Waals surface area contributed by atoms with Gasteiger partial charge in [-0.05, 0) is 30.2 Å². The second-order valence-electron chi connectivity index (χ2n) is 5.09. The fraction of sp³-hybridized carbons (Fsp3) is 0.250. The first-order valence-electron chi connectivity index (χ1n) is 6.80. The number of benzene rings is 2. The Morgan fingerprint density at radius 2 is 1.95 bits per heavy atom. The van der Waals surface area contributed by atoms with Crippen LogP contribution in [0.1, 0.15) is 19.2 Å². The summed E-state index contributed by atoms with van der Waals surface area (Å²) < 4.78 is 5.26. The van der Waals surface area contributed by atoms with E-state index in [4.69, 9.17) is 10.3 Å². The Labute approximate surface area is 117 Å². The zero-order chi connectivity index (χ0) is 13.9. The largest absolute Gasteiger partial charge is 0.339 e. The molecule has 1 aromatic heterocycles. The van der Waals surface area contributed by atoms with Crippen LogP contribution in [0.15, 0.2) is 47.0 Å². The van der Waals surface area contributed by atoms with Crippen molar-refractivity contribution < 1.29 is 4.52 Å². The molecular formula is C16H17N3O. The fourth-order valence-corrected chi connectivity index (χ4v) is 2.15. The van der Waals surface area contributed by atoms with Crippen LogP contribution in [0.4, 0.5) is 0 Å². The lowest BCUT2D eigenvalue weighted by atomic mass is 10.1. The van der Waals surface area contributed by atoms with Gasteiger partial charge in [-0.25, -0.2) is 0 Å². The van der Waals surface area contributed by atoms with Crippen LogP contribution in [-0.4, -0.2) is 16.2 Å². The molecule has 102 valence electrons. The molecule has 0 radical (unpaired) electrons. The van der Waals surface area contributed by atoms with Crippen molar-refractivity contribution >= 4 is 10.8 Å². The number of nitrogens with two attached hydrogens (primary N) is 1. The van der Waals surface area contributed by atoms with Gasteiger partial charge in [-0.2, -0.15) is 4.98 Å². The van der Waals surface area contributed by atoms with E-state index >= 15 is 0 Å². The number of hydrogen-bond donors (Lipinski definition) is 1. The van der Waals surface area contributed by atoms with E-state index in [1.807, 2.05) is 25.1 Å². The lowest BCUT2D eigenvalue weighted by Crippen LogP contribution is -2.15. The molecule has 0 fully saturated rings. The molecule has 0 saturated heterocycles. The average Bonchev–Trinajstić information content (AvgIpc) is 2.93. The second-order valence-corrected chi connectivity index (χ2v) is 5.09. The van der Waals surface area contributed by atoms with Crippen LogP contribution in [0, 0.1) is 0 Å². The van der Waals surface area contributed by atoms with Crippen LogP contribution >= 0.6 is 0 Å². The van der Waals surface area contributed by atoms with E-state index in [0.717, 1.165) is 18.4 Å². The summed E-state index contributed by atoms with van der Waals surface area (Å²) >= 11 is 0. The van der Waals surface area contributed by atoms with Gasteiger partial charge in [0.1, 0.15) is 0 Å². The number of fused-ring (bicyclic) bond motifs is 1. The molecular weight excluding hydrogens is 250 g/mol. The quantitative estimate of drug-likeness (QED) is 0.788. The number of rotatable bonds is 4. The van der Waals surface area contributed by atoms with Crippen molar-refractivity contribution in [3.63, 3.8) is 0 Å². The molecule has 2 aromatic carbocycles. The van der Waals surface area contributed by atoms with Gasteiger partial charge in [-0.1, -0.05) is 41.6 Å². The van der Waals surface area contributed by atoms with Gasteiger partial charge in [0.05, 0.1) is 0 Å². The van der Waals surface area contributed by atoms with E-state index in [1.54, 1.807) is 0 Å². The third-order valence-corrected chi connectivity index (χ3v) is 3.29. The fourth-order valence-electron chi connectivity index (χ4n) is 2.15. The average molecular weight is 267 g/mol. The van der Waals surface area contributed by atoms with Crippen LogP contribution in [0.3, 0.4) is 0 Å². The maximum Gasteiger partial charge on any atom is 0.227 e. The highest BCUT2D eigenvalue weighted by atomic mass is 16.5. The highest BCUT2D eigenvalue weighted by molar-refractivity contribution is 5.86. The smallest absolute Gasteiger partial charge is 0.227 e. The lowest BCUT2D eigenvalue weighted by Gasteiger charge is -2.00. The molecule has 1 unspecified atom stereocenters. The number of aromatic nitrogens is 2. The van der Waals surface area contributed by atoms with Gasteiger partial charge in [-0.15, -0.1) is 0 Å². The molecule has 0 amide bonds. The summed E-state index contributed by atoms with van der Waals surface area (Å²) in [6, 6.07) is 14.5. The molecule has 3 aromatic rings. The zero-order valence-electron chi connectivity index (χ0n) is 11.4. The number of hydrogen-bond acceptors (Lipinski definition) is 4. The first kappa shape index (κ1) is 12.8. The van der Waals surface area contributed by atoms with Gasteiger partial charge in [0.25, 0.3) is 0 Å². The Morgan fingerprint density at radius 1 is 1.15 bits per heavy atom. The van der Waals surface area contributed by atoms with E-state index < -0.39 is 0 Å². The minimum atomic E-state index is 0.144. The first-order chi connectivity index (χ1) is 9.72. The molecule has 0 aliphatic carbocycles. The molecule has 0 aliphatic rings. The molecule has 20 heavy (non-hydrogen) atoms. The monoisotopic (exact) mass is 267 g/mol. The van der Waals surface area contributed by atoms with Gasteiger partial charge in [0.2, 0.25) is 11.7 Å². The Morgan fingerprint density at radius 3 is 2.75 bits per heavy atom. The molecule has 4 nitrogen and oxygen atoms in total. The van der Waals surface area contributed by atoms with Crippen LogP contribution < -0.4 is 5.73 Å². The SMILES string of the molecule is CC(N)CCc1nc(-c2ccc3ccccc3c2)no1. The molecule has 0 spiro atoms. The Balaban J connectivity index is 1.87. The van der Waals surface area contributed by atoms with Gasteiger partial charge >= 0.3 is 0 Å². The van der Waals surface area contributed by atoms with Crippen molar-refractivity contribution in [2.45, 2.75) is 25.8 Å². The van der Waals surface area contributed by atoms with Crippen LogP contribution in [0.2, 0.25) is 0 Å². The van der Waals surface area contributed by atoms with Crippen molar-refractivity contribution in [2.75, 3.05) is 0 Å². The van der Waals surface area contributed by atoms with Gasteiger partial charge in [0.15, 0.2) is 0 Å². The summed E-state index contributed by atoms with van der Waals surface area (Å²) in [5.74, 6) is 1.28. The third-order valence-electron chi connectivity index (χ3n) is 3.29. The summed E-state index contributed by atoms with van der Waals surface area (Å²) in [4.78, 5) is 4.43. The molecule has 4 heteroatoms. The minimum absolute atomic E-state index is 0.144. The summed E-state index contributed by atoms with van der Waals surface area (Å²) in [6.45, 7) is 1.97. The van der Waals surface area contributed by atoms with Crippen molar-refractivity contribution in [3.8, 4) is 11.4 Å². The van der Waals surface area contributed by atoms with Crippen molar-refractivity contribution in [1.29, 1.82) is 0 Å².